The van der Waals surface area contributed by atoms with Crippen molar-refractivity contribution < 1.29 is 23.5 Å². The Kier molecular flexibility index (Phi) is 4.74. The fraction of sp³-hybridized carbons (Fsp3) is 0.273. The quantitative estimate of drug-likeness (QED) is 0.785. The number of halogens is 1. The smallest absolute Gasteiger partial charge is 0.251 e. The first kappa shape index (κ1) is 19.4. The zero-order chi connectivity index (χ0) is 21.5. The van der Waals surface area contributed by atoms with Gasteiger partial charge in [0.25, 0.3) is 5.91 Å². The summed E-state index contributed by atoms with van der Waals surface area (Å²) < 4.78 is 24.5. The Balaban J connectivity index is 1.23. The van der Waals surface area contributed by atoms with Gasteiger partial charge in [0, 0.05) is 18.1 Å². The molecular formula is C22H21FN4O4. The number of aryl methyl sites for hydroxylation is 1. The molecule has 31 heavy (non-hydrogen) atoms. The van der Waals surface area contributed by atoms with Gasteiger partial charge in [0.15, 0.2) is 11.5 Å². The van der Waals surface area contributed by atoms with E-state index in [0.717, 1.165) is 5.56 Å². The molecule has 2 aromatic carbocycles. The first-order valence-corrected chi connectivity index (χ1v) is 9.97. The molecule has 5 rings (SSSR count). The molecule has 3 aliphatic rings. The monoisotopic (exact) mass is 424 g/mol. The molecule has 0 bridgehead atoms. The van der Waals surface area contributed by atoms with Crippen LogP contribution in [-0.2, 0) is 9.59 Å². The summed E-state index contributed by atoms with van der Waals surface area (Å²) in [6, 6.07) is 9.71. The van der Waals surface area contributed by atoms with Crippen LogP contribution in [0.3, 0.4) is 0 Å². The van der Waals surface area contributed by atoms with Gasteiger partial charge in [-0.2, -0.15) is 0 Å². The summed E-state index contributed by atoms with van der Waals surface area (Å²) in [5, 5.41) is 4.40. The summed E-state index contributed by atoms with van der Waals surface area (Å²) in [5.74, 6) is 0.434. The molecule has 0 aliphatic carbocycles. The average Bonchev–Trinajstić information content (AvgIpc) is 3.39. The van der Waals surface area contributed by atoms with E-state index in [4.69, 9.17) is 9.47 Å². The molecule has 2 amide bonds. The topological polar surface area (TPSA) is 83.1 Å². The molecule has 2 unspecified atom stereocenters. The molecule has 1 saturated heterocycles. The highest BCUT2D eigenvalue weighted by Crippen LogP contribution is 2.37. The number of benzene rings is 2. The highest BCUT2D eigenvalue weighted by Gasteiger charge is 2.40. The van der Waals surface area contributed by atoms with E-state index in [-0.39, 0.29) is 25.3 Å². The number of amides is 2. The van der Waals surface area contributed by atoms with Gasteiger partial charge >= 0.3 is 0 Å². The fourth-order valence-corrected chi connectivity index (χ4v) is 3.94. The zero-order valence-electron chi connectivity index (χ0n) is 16.8. The average molecular weight is 424 g/mol. The number of hydrogen-bond acceptors (Lipinski definition) is 6. The van der Waals surface area contributed by atoms with E-state index in [9.17, 15) is 14.0 Å². The number of nitrogens with one attached hydrogen (secondary N) is 2. The van der Waals surface area contributed by atoms with E-state index < -0.39 is 17.8 Å². The van der Waals surface area contributed by atoms with Gasteiger partial charge in [-0.05, 0) is 48.7 Å². The van der Waals surface area contributed by atoms with Crippen molar-refractivity contribution in [2.75, 3.05) is 18.7 Å². The summed E-state index contributed by atoms with van der Waals surface area (Å²) in [7, 11) is 0. The van der Waals surface area contributed by atoms with Gasteiger partial charge in [-0.15, -0.1) is 0 Å². The maximum absolute atomic E-state index is 13.7. The van der Waals surface area contributed by atoms with Crippen LogP contribution in [0.15, 0.2) is 48.8 Å². The minimum absolute atomic E-state index is 0.0718. The van der Waals surface area contributed by atoms with Crippen molar-refractivity contribution in [1.29, 1.82) is 0 Å². The van der Waals surface area contributed by atoms with Crippen LogP contribution in [0.25, 0.3) is 0 Å². The van der Waals surface area contributed by atoms with E-state index >= 15 is 0 Å². The molecule has 1 fully saturated rings. The summed E-state index contributed by atoms with van der Waals surface area (Å²) in [4.78, 5) is 26.7. The van der Waals surface area contributed by atoms with Gasteiger partial charge in [0.2, 0.25) is 12.7 Å². The number of fused-ring (bicyclic) bond motifs is 2. The second-order valence-electron chi connectivity index (χ2n) is 7.73. The second kappa shape index (κ2) is 7.59. The van der Waals surface area contributed by atoms with Crippen molar-refractivity contribution in [1.82, 2.24) is 15.3 Å². The molecule has 0 spiro atoms. The standard InChI is InChI=1S/C22H21FN4O4/c1-13-2-4-15(9-16(13)23)24-21(28)11-26-6-7-27-18(22(26)29)10-17(25-27)14-3-5-19-20(8-14)31-12-30-19/h2-9,17-18,25H,10-12H2,1H3,(H,24,28). The predicted molar refractivity (Wildman–Crippen MR) is 109 cm³/mol. The SMILES string of the molecule is Cc1ccc(NC(=O)CN2C=CN3NC(c4ccc5c(c4)OCO5)CC3C2=O)cc1F. The maximum Gasteiger partial charge on any atom is 0.251 e. The largest absolute Gasteiger partial charge is 0.454 e. The van der Waals surface area contributed by atoms with Crippen LogP contribution in [-0.4, -0.2) is 41.1 Å². The maximum atomic E-state index is 13.7. The lowest BCUT2D eigenvalue weighted by Gasteiger charge is -2.31. The van der Waals surface area contributed by atoms with Crippen molar-refractivity contribution in [2.45, 2.75) is 25.4 Å². The van der Waals surface area contributed by atoms with Crippen LogP contribution < -0.4 is 20.2 Å². The van der Waals surface area contributed by atoms with Crippen molar-refractivity contribution in [3.63, 3.8) is 0 Å². The summed E-state index contributed by atoms with van der Waals surface area (Å²) in [6.45, 7) is 1.71. The molecule has 2 atom stereocenters. The summed E-state index contributed by atoms with van der Waals surface area (Å²) >= 11 is 0. The molecule has 160 valence electrons. The van der Waals surface area contributed by atoms with Crippen LogP contribution in [0.2, 0.25) is 0 Å². The minimum atomic E-state index is -0.426. The number of nitrogens with zero attached hydrogens (tertiary/aromatic N) is 2. The number of carbonyl (C=O) groups excluding carboxylic acids is 2. The lowest BCUT2D eigenvalue weighted by molar-refractivity contribution is -0.137. The van der Waals surface area contributed by atoms with Gasteiger partial charge < -0.3 is 24.7 Å². The normalized spacial score (nSPS) is 21.4. The highest BCUT2D eigenvalue weighted by molar-refractivity contribution is 5.96. The number of anilines is 1. The molecule has 3 aliphatic heterocycles. The third-order valence-electron chi connectivity index (χ3n) is 5.64. The van der Waals surface area contributed by atoms with Gasteiger partial charge in [0.05, 0.1) is 6.04 Å². The van der Waals surface area contributed by atoms with Gasteiger partial charge in [-0.1, -0.05) is 12.1 Å². The second-order valence-corrected chi connectivity index (χ2v) is 7.73. The van der Waals surface area contributed by atoms with E-state index in [2.05, 4.69) is 10.7 Å². The van der Waals surface area contributed by atoms with Crippen LogP contribution in [0.5, 0.6) is 11.5 Å². The summed E-state index contributed by atoms with van der Waals surface area (Å²) in [6.07, 6.45) is 3.87. The van der Waals surface area contributed by atoms with Crippen LogP contribution in [0.4, 0.5) is 10.1 Å². The first-order chi connectivity index (χ1) is 15.0. The van der Waals surface area contributed by atoms with Gasteiger partial charge in [-0.25, -0.2) is 9.82 Å². The van der Waals surface area contributed by atoms with Gasteiger partial charge in [0.1, 0.15) is 18.4 Å². The Morgan fingerprint density at radius 1 is 1.19 bits per heavy atom. The van der Waals surface area contributed by atoms with Crippen LogP contribution in [0.1, 0.15) is 23.6 Å². The predicted octanol–water partition coefficient (Wildman–Crippen LogP) is 2.43. The Labute approximate surface area is 178 Å². The molecule has 2 aromatic rings. The van der Waals surface area contributed by atoms with E-state index in [1.807, 2.05) is 18.2 Å². The molecule has 0 aromatic heterocycles. The molecule has 8 nitrogen and oxygen atoms in total. The fourth-order valence-electron chi connectivity index (χ4n) is 3.94. The molecule has 3 heterocycles. The first-order valence-electron chi connectivity index (χ1n) is 9.97. The number of rotatable bonds is 4. The van der Waals surface area contributed by atoms with Crippen molar-refractivity contribution in [2.24, 2.45) is 0 Å². The number of ether oxygens (including phenoxy) is 2. The number of hydrazine groups is 1. The van der Waals surface area contributed by atoms with E-state index in [0.29, 0.717) is 29.2 Å². The minimum Gasteiger partial charge on any atom is -0.454 e. The zero-order valence-corrected chi connectivity index (χ0v) is 16.8. The molecule has 2 N–H and O–H groups in total. The van der Waals surface area contributed by atoms with Crippen LogP contribution >= 0.6 is 0 Å². The highest BCUT2D eigenvalue weighted by atomic mass is 19.1. The Hall–Kier alpha value is -3.59. The Morgan fingerprint density at radius 3 is 2.87 bits per heavy atom. The van der Waals surface area contributed by atoms with Crippen LogP contribution in [0, 0.1) is 12.7 Å². The Bertz CT molecular complexity index is 1090. The number of hydrogen-bond donors (Lipinski definition) is 2. The third kappa shape index (κ3) is 3.68. The lowest BCUT2D eigenvalue weighted by Crippen LogP contribution is -2.49. The van der Waals surface area contributed by atoms with E-state index in [1.165, 1.54) is 11.0 Å². The van der Waals surface area contributed by atoms with Gasteiger partial charge in [-0.3, -0.25) is 9.59 Å². The lowest BCUT2D eigenvalue weighted by atomic mass is 10.0. The third-order valence-corrected chi connectivity index (χ3v) is 5.64. The van der Waals surface area contributed by atoms with Crippen molar-refractivity contribution in [3.8, 4) is 11.5 Å². The molecule has 0 radical (unpaired) electrons. The molecule has 9 heteroatoms. The van der Waals surface area contributed by atoms with Crippen molar-refractivity contribution >= 4 is 17.5 Å². The number of carbonyl (C=O) groups is 2. The summed E-state index contributed by atoms with van der Waals surface area (Å²) in [5.41, 5.74) is 5.16. The molecular weight excluding hydrogens is 403 g/mol. The van der Waals surface area contributed by atoms with Crippen molar-refractivity contribution in [3.05, 3.63) is 65.7 Å². The Morgan fingerprint density at radius 2 is 2.03 bits per heavy atom. The molecule has 0 saturated carbocycles. The van der Waals surface area contributed by atoms with E-state index in [1.54, 1.807) is 36.5 Å².